The molecule has 1 saturated heterocycles. The summed E-state index contributed by atoms with van der Waals surface area (Å²) in [6.07, 6.45) is 7.83. The number of carbonyl (C=O) groups excluding carboxylic acids is 1. The van der Waals surface area contributed by atoms with Crippen LogP contribution in [0.15, 0.2) is 17.2 Å². The highest BCUT2D eigenvalue weighted by molar-refractivity contribution is 7.91. The number of carbonyl (C=O) groups is 1. The van der Waals surface area contributed by atoms with Crippen LogP contribution in [-0.4, -0.2) is 52.4 Å². The molecule has 2 aromatic rings. The van der Waals surface area contributed by atoms with Crippen LogP contribution in [0.1, 0.15) is 50.3 Å². The number of rotatable bonds is 5. The Morgan fingerprint density at radius 3 is 2.66 bits per heavy atom. The van der Waals surface area contributed by atoms with Crippen LogP contribution in [-0.2, 0) is 27.6 Å². The Labute approximate surface area is 174 Å². The molecule has 1 amide bonds. The fraction of sp³-hybridized carbons (Fsp3) is 0.650. The van der Waals surface area contributed by atoms with Crippen molar-refractivity contribution in [1.82, 2.24) is 14.5 Å². The summed E-state index contributed by atoms with van der Waals surface area (Å²) in [5.41, 5.74) is -0.207. The first kappa shape index (κ1) is 20.5. The maximum absolute atomic E-state index is 13.3. The number of aryl methyl sites for hydroxylation is 1. The molecule has 2 aliphatic rings. The van der Waals surface area contributed by atoms with E-state index in [9.17, 15) is 18.0 Å². The molecule has 1 unspecified atom stereocenters. The van der Waals surface area contributed by atoms with Crippen molar-refractivity contribution in [3.63, 3.8) is 0 Å². The fourth-order valence-electron chi connectivity index (χ4n) is 4.58. The average Bonchev–Trinajstić information content (AvgIpc) is 3.28. The van der Waals surface area contributed by atoms with E-state index in [1.807, 2.05) is 13.0 Å². The SMILES string of the molecule is CCc1cc2c(=O)n(CC(=O)N(C3CCCCC3)C3CCS(=O)(=O)C3)cnc2s1. The lowest BCUT2D eigenvalue weighted by molar-refractivity contribution is -0.137. The minimum absolute atomic E-state index is 0.0335. The Hall–Kier alpha value is -1.74. The van der Waals surface area contributed by atoms with Crippen molar-refractivity contribution in [2.24, 2.45) is 0 Å². The zero-order chi connectivity index (χ0) is 20.6. The summed E-state index contributed by atoms with van der Waals surface area (Å²) >= 11 is 1.50. The van der Waals surface area contributed by atoms with Crippen LogP contribution < -0.4 is 5.56 Å². The van der Waals surface area contributed by atoms with Crippen LogP contribution in [0.3, 0.4) is 0 Å². The Morgan fingerprint density at radius 2 is 2.00 bits per heavy atom. The van der Waals surface area contributed by atoms with Gasteiger partial charge in [0.2, 0.25) is 5.91 Å². The molecule has 0 bridgehead atoms. The Bertz CT molecular complexity index is 1070. The Morgan fingerprint density at radius 1 is 1.24 bits per heavy atom. The van der Waals surface area contributed by atoms with Gasteiger partial charge in [-0.3, -0.25) is 14.2 Å². The monoisotopic (exact) mass is 437 g/mol. The predicted octanol–water partition coefficient (Wildman–Crippen LogP) is 2.37. The zero-order valence-electron chi connectivity index (χ0n) is 16.7. The molecule has 1 saturated carbocycles. The molecule has 0 spiro atoms. The van der Waals surface area contributed by atoms with Gasteiger partial charge in [0.1, 0.15) is 11.4 Å². The maximum Gasteiger partial charge on any atom is 0.262 e. The average molecular weight is 438 g/mol. The molecule has 0 aromatic carbocycles. The molecule has 1 atom stereocenters. The lowest BCUT2D eigenvalue weighted by Crippen LogP contribution is -2.50. The van der Waals surface area contributed by atoms with Crippen molar-refractivity contribution < 1.29 is 13.2 Å². The van der Waals surface area contributed by atoms with Crippen LogP contribution in [0.4, 0.5) is 0 Å². The van der Waals surface area contributed by atoms with E-state index < -0.39 is 9.84 Å². The van der Waals surface area contributed by atoms with Gasteiger partial charge in [-0.1, -0.05) is 26.2 Å². The van der Waals surface area contributed by atoms with Gasteiger partial charge in [-0.05, 0) is 31.7 Å². The van der Waals surface area contributed by atoms with Crippen molar-refractivity contribution in [1.29, 1.82) is 0 Å². The second-order valence-corrected chi connectivity index (χ2v) is 11.5. The first-order valence-electron chi connectivity index (χ1n) is 10.4. The molecular formula is C20H27N3O4S2. The maximum atomic E-state index is 13.3. The van der Waals surface area contributed by atoms with Crippen LogP contribution in [0, 0.1) is 0 Å². The fourth-order valence-corrected chi connectivity index (χ4v) is 7.22. The second kappa shape index (κ2) is 8.18. The summed E-state index contributed by atoms with van der Waals surface area (Å²) in [6.45, 7) is 1.94. The van der Waals surface area contributed by atoms with Crippen molar-refractivity contribution in [3.05, 3.63) is 27.6 Å². The van der Waals surface area contributed by atoms with Gasteiger partial charge in [-0.25, -0.2) is 13.4 Å². The number of nitrogens with zero attached hydrogens (tertiary/aromatic N) is 3. The van der Waals surface area contributed by atoms with Gasteiger partial charge in [-0.15, -0.1) is 11.3 Å². The third kappa shape index (κ3) is 4.26. The predicted molar refractivity (Wildman–Crippen MR) is 114 cm³/mol. The summed E-state index contributed by atoms with van der Waals surface area (Å²) in [5.74, 6) is -0.00418. The highest BCUT2D eigenvalue weighted by Crippen LogP contribution is 2.29. The number of amides is 1. The Balaban J connectivity index is 1.61. The molecule has 9 heteroatoms. The van der Waals surface area contributed by atoms with Crippen LogP contribution in [0.25, 0.3) is 10.2 Å². The van der Waals surface area contributed by atoms with E-state index in [1.165, 1.54) is 22.2 Å². The van der Waals surface area contributed by atoms with Gasteiger partial charge in [0.15, 0.2) is 9.84 Å². The van der Waals surface area contributed by atoms with Gasteiger partial charge < -0.3 is 4.90 Å². The number of thiophene rings is 1. The highest BCUT2D eigenvalue weighted by Gasteiger charge is 2.38. The number of aromatic nitrogens is 2. The minimum atomic E-state index is -3.10. The van der Waals surface area contributed by atoms with E-state index in [-0.39, 0.29) is 41.6 Å². The normalized spacial score (nSPS) is 22.2. The summed E-state index contributed by atoms with van der Waals surface area (Å²) < 4.78 is 25.4. The molecule has 1 aliphatic carbocycles. The molecule has 4 rings (SSSR count). The lowest BCUT2D eigenvalue weighted by Gasteiger charge is -2.38. The first-order chi connectivity index (χ1) is 13.9. The van der Waals surface area contributed by atoms with Gasteiger partial charge in [-0.2, -0.15) is 0 Å². The zero-order valence-corrected chi connectivity index (χ0v) is 18.3. The van der Waals surface area contributed by atoms with E-state index in [2.05, 4.69) is 4.98 Å². The van der Waals surface area contributed by atoms with E-state index >= 15 is 0 Å². The van der Waals surface area contributed by atoms with Crippen molar-refractivity contribution in [2.45, 2.75) is 70.5 Å². The molecular weight excluding hydrogens is 410 g/mol. The number of hydrogen-bond acceptors (Lipinski definition) is 6. The number of hydrogen-bond donors (Lipinski definition) is 0. The van der Waals surface area contributed by atoms with E-state index in [0.717, 1.165) is 43.4 Å². The molecule has 0 radical (unpaired) electrons. The van der Waals surface area contributed by atoms with E-state index in [4.69, 9.17) is 0 Å². The molecule has 3 heterocycles. The lowest BCUT2D eigenvalue weighted by atomic mass is 9.93. The third-order valence-corrected chi connectivity index (χ3v) is 9.02. The van der Waals surface area contributed by atoms with Crippen LogP contribution in [0.2, 0.25) is 0 Å². The summed E-state index contributed by atoms with van der Waals surface area (Å²) in [4.78, 5) is 34.1. The van der Waals surface area contributed by atoms with E-state index in [1.54, 1.807) is 4.90 Å². The van der Waals surface area contributed by atoms with Gasteiger partial charge in [0, 0.05) is 17.0 Å². The van der Waals surface area contributed by atoms with Crippen molar-refractivity contribution >= 4 is 37.3 Å². The molecule has 0 N–H and O–H groups in total. The standard InChI is InChI=1S/C20H27N3O4S2/c1-2-16-10-17-19(28-16)21-13-22(20(17)25)11-18(24)23(14-6-4-3-5-7-14)15-8-9-29(26,27)12-15/h10,13-15H,2-9,11-12H2,1H3. The molecule has 1 aliphatic heterocycles. The molecule has 29 heavy (non-hydrogen) atoms. The second-order valence-electron chi connectivity index (χ2n) is 8.11. The van der Waals surface area contributed by atoms with Gasteiger partial charge in [0.05, 0.1) is 23.2 Å². The first-order valence-corrected chi connectivity index (χ1v) is 13.0. The van der Waals surface area contributed by atoms with Gasteiger partial charge in [0.25, 0.3) is 5.56 Å². The molecule has 2 fully saturated rings. The largest absolute Gasteiger partial charge is 0.334 e. The van der Waals surface area contributed by atoms with Crippen LogP contribution >= 0.6 is 11.3 Å². The number of fused-ring (bicyclic) bond motifs is 1. The van der Waals surface area contributed by atoms with Crippen molar-refractivity contribution in [2.75, 3.05) is 11.5 Å². The molecule has 7 nitrogen and oxygen atoms in total. The van der Waals surface area contributed by atoms with E-state index in [0.29, 0.717) is 16.6 Å². The topological polar surface area (TPSA) is 89.3 Å². The smallest absolute Gasteiger partial charge is 0.262 e. The number of sulfone groups is 1. The van der Waals surface area contributed by atoms with Crippen LogP contribution in [0.5, 0.6) is 0 Å². The summed E-state index contributed by atoms with van der Waals surface area (Å²) in [7, 11) is -3.10. The third-order valence-electron chi connectivity index (χ3n) is 6.08. The minimum Gasteiger partial charge on any atom is -0.334 e. The summed E-state index contributed by atoms with van der Waals surface area (Å²) in [5, 5.41) is 0.551. The Kier molecular flexibility index (Phi) is 5.79. The van der Waals surface area contributed by atoms with Gasteiger partial charge >= 0.3 is 0 Å². The quantitative estimate of drug-likeness (QED) is 0.716. The molecule has 158 valence electrons. The van der Waals surface area contributed by atoms with Crippen molar-refractivity contribution in [3.8, 4) is 0 Å². The molecule has 2 aromatic heterocycles. The summed E-state index contributed by atoms with van der Waals surface area (Å²) in [6, 6.07) is 1.64. The highest BCUT2D eigenvalue weighted by atomic mass is 32.2.